The standard InChI is InChI=1S/C16H17Cl2NO2/c1-2-12-15(16(12,17)18)8-11-9-21-13(19(11)14(15)20)10-6-4-3-5-7-10/h3-7,11-13H,2,8-9H2,1H3/t11?,12-,13-,15?/m0/s1. The maximum Gasteiger partial charge on any atom is 0.234 e. The number of nitrogens with zero attached hydrogens (tertiary/aromatic N) is 1. The topological polar surface area (TPSA) is 29.5 Å². The van der Waals surface area contributed by atoms with Crippen molar-refractivity contribution in [1.82, 2.24) is 4.90 Å². The van der Waals surface area contributed by atoms with E-state index in [-0.39, 0.29) is 24.1 Å². The second-order valence-electron chi connectivity index (χ2n) is 6.22. The first kappa shape index (κ1) is 13.9. The molecular formula is C16H17Cl2NO2. The Labute approximate surface area is 134 Å². The van der Waals surface area contributed by atoms with Crippen molar-refractivity contribution < 1.29 is 9.53 Å². The van der Waals surface area contributed by atoms with E-state index in [9.17, 15) is 4.79 Å². The number of rotatable bonds is 2. The van der Waals surface area contributed by atoms with Gasteiger partial charge in [0.05, 0.1) is 18.1 Å². The molecule has 2 saturated heterocycles. The second-order valence-corrected chi connectivity index (χ2v) is 7.61. The first-order valence-electron chi connectivity index (χ1n) is 7.41. The molecule has 112 valence electrons. The van der Waals surface area contributed by atoms with E-state index >= 15 is 0 Å². The Morgan fingerprint density at radius 2 is 2.05 bits per heavy atom. The average molecular weight is 326 g/mol. The first-order valence-corrected chi connectivity index (χ1v) is 8.16. The highest BCUT2D eigenvalue weighted by Crippen LogP contribution is 2.76. The summed E-state index contributed by atoms with van der Waals surface area (Å²) in [5, 5.41) is 0. The molecular weight excluding hydrogens is 309 g/mol. The van der Waals surface area contributed by atoms with Crippen LogP contribution in [0.2, 0.25) is 0 Å². The molecule has 4 rings (SSSR count). The van der Waals surface area contributed by atoms with Crippen LogP contribution in [0, 0.1) is 11.3 Å². The summed E-state index contributed by atoms with van der Waals surface area (Å²) in [6.45, 7) is 2.61. The Balaban J connectivity index is 1.68. The zero-order chi connectivity index (χ0) is 14.8. The predicted molar refractivity (Wildman–Crippen MR) is 81.0 cm³/mol. The largest absolute Gasteiger partial charge is 0.352 e. The molecule has 1 saturated carbocycles. The fourth-order valence-electron chi connectivity index (χ4n) is 4.26. The summed E-state index contributed by atoms with van der Waals surface area (Å²) in [4.78, 5) is 14.9. The van der Waals surface area contributed by atoms with Crippen LogP contribution in [0.1, 0.15) is 31.6 Å². The van der Waals surface area contributed by atoms with E-state index < -0.39 is 9.75 Å². The van der Waals surface area contributed by atoms with Gasteiger partial charge >= 0.3 is 0 Å². The van der Waals surface area contributed by atoms with Gasteiger partial charge in [-0.15, -0.1) is 23.2 Å². The Hall–Kier alpha value is -0.770. The molecule has 3 fully saturated rings. The molecule has 21 heavy (non-hydrogen) atoms. The molecule has 1 aliphatic carbocycles. The molecule has 0 radical (unpaired) electrons. The Kier molecular flexibility index (Phi) is 2.89. The molecule has 0 N–H and O–H groups in total. The van der Waals surface area contributed by atoms with E-state index in [1.807, 2.05) is 42.2 Å². The zero-order valence-corrected chi connectivity index (χ0v) is 13.3. The van der Waals surface area contributed by atoms with Crippen molar-refractivity contribution in [2.75, 3.05) is 6.61 Å². The highest BCUT2D eigenvalue weighted by Gasteiger charge is 2.83. The predicted octanol–water partition coefficient (Wildman–Crippen LogP) is 3.52. The summed E-state index contributed by atoms with van der Waals surface area (Å²) in [5.74, 6) is 0.124. The van der Waals surface area contributed by atoms with Gasteiger partial charge in [-0.05, 0) is 12.8 Å². The van der Waals surface area contributed by atoms with Crippen LogP contribution < -0.4 is 0 Å². The molecule has 1 amide bonds. The summed E-state index contributed by atoms with van der Waals surface area (Å²) in [5.41, 5.74) is 0.417. The number of ether oxygens (including phenoxy) is 1. The van der Waals surface area contributed by atoms with E-state index in [1.54, 1.807) is 0 Å². The van der Waals surface area contributed by atoms with Gasteiger partial charge in [-0.2, -0.15) is 0 Å². The summed E-state index contributed by atoms with van der Waals surface area (Å²) in [7, 11) is 0. The van der Waals surface area contributed by atoms with Gasteiger partial charge < -0.3 is 9.64 Å². The van der Waals surface area contributed by atoms with Crippen molar-refractivity contribution in [3.8, 4) is 0 Å². The van der Waals surface area contributed by atoms with Crippen molar-refractivity contribution in [1.29, 1.82) is 0 Å². The quantitative estimate of drug-likeness (QED) is 0.779. The Morgan fingerprint density at radius 3 is 2.67 bits per heavy atom. The lowest BCUT2D eigenvalue weighted by atomic mass is 9.98. The lowest BCUT2D eigenvalue weighted by Crippen LogP contribution is -2.33. The number of benzene rings is 1. The van der Waals surface area contributed by atoms with Gasteiger partial charge in [0.1, 0.15) is 4.33 Å². The SMILES string of the molecule is CC[C@@H]1C(Cl)(Cl)C12CC1CO[C@@H](c3ccccc3)N1C2=O. The molecule has 2 aliphatic heterocycles. The Morgan fingerprint density at radius 1 is 1.33 bits per heavy atom. The highest BCUT2D eigenvalue weighted by atomic mass is 35.5. The number of carbonyl (C=O) groups is 1. The third-order valence-electron chi connectivity index (χ3n) is 5.30. The fourth-order valence-corrected chi connectivity index (χ4v) is 5.41. The lowest BCUT2D eigenvalue weighted by Gasteiger charge is -2.23. The summed E-state index contributed by atoms with van der Waals surface area (Å²) >= 11 is 12.9. The second kappa shape index (κ2) is 4.37. The molecule has 5 heteroatoms. The van der Waals surface area contributed by atoms with Gasteiger partial charge in [-0.25, -0.2) is 0 Å². The number of amides is 1. The number of hydrogen-bond acceptors (Lipinski definition) is 2. The van der Waals surface area contributed by atoms with Gasteiger partial charge in [0.2, 0.25) is 5.91 Å². The summed E-state index contributed by atoms with van der Waals surface area (Å²) < 4.78 is 4.94. The number of fused-ring (bicyclic) bond motifs is 1. The maximum atomic E-state index is 13.0. The van der Waals surface area contributed by atoms with Crippen LogP contribution in [-0.2, 0) is 9.53 Å². The molecule has 0 aromatic heterocycles. The molecule has 1 aromatic rings. The minimum Gasteiger partial charge on any atom is -0.352 e. The molecule has 3 aliphatic rings. The van der Waals surface area contributed by atoms with Crippen LogP contribution in [0.15, 0.2) is 30.3 Å². The van der Waals surface area contributed by atoms with E-state index in [0.717, 1.165) is 12.0 Å². The normalized spacial score (nSPS) is 39.9. The average Bonchev–Trinajstić information content (AvgIpc) is 2.80. The van der Waals surface area contributed by atoms with Gasteiger partial charge in [0.25, 0.3) is 0 Å². The van der Waals surface area contributed by atoms with Crippen molar-refractivity contribution >= 4 is 29.1 Å². The number of alkyl halides is 2. The van der Waals surface area contributed by atoms with Crippen molar-refractivity contribution in [2.24, 2.45) is 11.3 Å². The van der Waals surface area contributed by atoms with Crippen LogP contribution in [0.5, 0.6) is 0 Å². The van der Waals surface area contributed by atoms with E-state index in [0.29, 0.717) is 13.0 Å². The summed E-state index contributed by atoms with van der Waals surface area (Å²) in [6, 6.07) is 9.95. The minimum absolute atomic E-state index is 0.0582. The first-order chi connectivity index (χ1) is 10.0. The molecule has 1 aromatic carbocycles. The van der Waals surface area contributed by atoms with Gasteiger partial charge in [0, 0.05) is 11.5 Å². The van der Waals surface area contributed by atoms with Crippen LogP contribution in [0.25, 0.3) is 0 Å². The Bertz CT molecular complexity index is 591. The van der Waals surface area contributed by atoms with E-state index in [4.69, 9.17) is 27.9 Å². The van der Waals surface area contributed by atoms with Gasteiger partial charge in [-0.3, -0.25) is 4.79 Å². The van der Waals surface area contributed by atoms with Crippen LogP contribution >= 0.6 is 23.2 Å². The molecule has 2 heterocycles. The monoisotopic (exact) mass is 325 g/mol. The maximum absolute atomic E-state index is 13.0. The third-order valence-corrected chi connectivity index (χ3v) is 6.50. The van der Waals surface area contributed by atoms with Gasteiger partial charge in [-0.1, -0.05) is 37.3 Å². The van der Waals surface area contributed by atoms with Crippen molar-refractivity contribution in [3.63, 3.8) is 0 Å². The van der Waals surface area contributed by atoms with E-state index in [1.165, 1.54) is 0 Å². The van der Waals surface area contributed by atoms with Gasteiger partial charge in [0.15, 0.2) is 6.23 Å². The molecule has 3 nitrogen and oxygen atoms in total. The van der Waals surface area contributed by atoms with Crippen LogP contribution in [0.3, 0.4) is 0 Å². The fraction of sp³-hybridized carbons (Fsp3) is 0.562. The molecule has 2 unspecified atom stereocenters. The van der Waals surface area contributed by atoms with Crippen molar-refractivity contribution in [2.45, 2.75) is 36.4 Å². The number of hydrogen-bond donors (Lipinski definition) is 0. The van der Waals surface area contributed by atoms with Crippen LogP contribution in [-0.4, -0.2) is 27.8 Å². The number of carbonyl (C=O) groups excluding carboxylic acids is 1. The number of halogens is 2. The third kappa shape index (κ3) is 1.57. The highest BCUT2D eigenvalue weighted by molar-refractivity contribution is 6.53. The lowest BCUT2D eigenvalue weighted by molar-refractivity contribution is -0.139. The molecule has 1 spiro atoms. The molecule has 4 atom stereocenters. The van der Waals surface area contributed by atoms with Crippen molar-refractivity contribution in [3.05, 3.63) is 35.9 Å². The molecule has 0 bridgehead atoms. The van der Waals surface area contributed by atoms with E-state index in [2.05, 4.69) is 0 Å². The smallest absolute Gasteiger partial charge is 0.234 e. The van der Waals surface area contributed by atoms with Crippen LogP contribution in [0.4, 0.5) is 0 Å². The summed E-state index contributed by atoms with van der Waals surface area (Å²) in [6.07, 6.45) is 1.24. The minimum atomic E-state index is -0.912. The zero-order valence-electron chi connectivity index (χ0n) is 11.8.